The number of rotatable bonds is 2. The molecule has 3 heteroatoms. The Hall–Kier alpha value is -1.77. The van der Waals surface area contributed by atoms with E-state index in [1.165, 1.54) is 0 Å². The van der Waals surface area contributed by atoms with Gasteiger partial charge in [-0.05, 0) is 12.5 Å². The van der Waals surface area contributed by atoms with E-state index in [4.69, 9.17) is 5.73 Å². The van der Waals surface area contributed by atoms with E-state index < -0.39 is 0 Å². The molecule has 1 aromatic heterocycles. The van der Waals surface area contributed by atoms with Gasteiger partial charge in [-0.3, -0.25) is 4.79 Å². The van der Waals surface area contributed by atoms with Crippen molar-refractivity contribution in [3.63, 3.8) is 0 Å². The highest BCUT2D eigenvalue weighted by atomic mass is 16.1. The standard InChI is InChI=1S/C12H14N2O/c1-3-9-11(12(13)15)8-6-4-5-7-10(8)14(9)2/h4-7H,3H2,1-2H3,(H2,13,15). The number of benzene rings is 1. The number of primary amides is 1. The van der Waals surface area contributed by atoms with Crippen molar-refractivity contribution in [3.05, 3.63) is 35.5 Å². The molecule has 1 heterocycles. The Kier molecular flexibility index (Phi) is 2.23. The van der Waals surface area contributed by atoms with Crippen LogP contribution in [0.4, 0.5) is 0 Å². The van der Waals surface area contributed by atoms with Crippen molar-refractivity contribution < 1.29 is 4.79 Å². The number of carbonyl (C=O) groups is 1. The van der Waals surface area contributed by atoms with Gasteiger partial charge in [-0.15, -0.1) is 0 Å². The van der Waals surface area contributed by atoms with Crippen LogP contribution in [0.2, 0.25) is 0 Å². The maximum atomic E-state index is 11.4. The minimum absolute atomic E-state index is 0.344. The molecule has 0 bridgehead atoms. The second-order valence-corrected chi connectivity index (χ2v) is 3.62. The quantitative estimate of drug-likeness (QED) is 0.793. The van der Waals surface area contributed by atoms with Gasteiger partial charge in [0.15, 0.2) is 0 Å². The third-order valence-electron chi connectivity index (χ3n) is 2.81. The van der Waals surface area contributed by atoms with Crippen LogP contribution >= 0.6 is 0 Å². The van der Waals surface area contributed by atoms with Crippen LogP contribution in [-0.2, 0) is 13.5 Å². The number of aryl methyl sites for hydroxylation is 1. The second kappa shape index (κ2) is 3.42. The van der Waals surface area contributed by atoms with Crippen molar-refractivity contribution in [2.24, 2.45) is 12.8 Å². The molecule has 0 saturated carbocycles. The van der Waals surface area contributed by atoms with Crippen LogP contribution in [0.3, 0.4) is 0 Å². The van der Waals surface area contributed by atoms with Crippen molar-refractivity contribution in [2.45, 2.75) is 13.3 Å². The molecule has 1 aromatic carbocycles. The Bertz CT molecular complexity index is 526. The molecule has 0 aliphatic heterocycles. The zero-order valence-corrected chi connectivity index (χ0v) is 8.95. The monoisotopic (exact) mass is 202 g/mol. The van der Waals surface area contributed by atoms with Crippen LogP contribution in [0.1, 0.15) is 23.0 Å². The van der Waals surface area contributed by atoms with E-state index in [0.717, 1.165) is 23.0 Å². The van der Waals surface area contributed by atoms with Gasteiger partial charge < -0.3 is 10.3 Å². The summed E-state index contributed by atoms with van der Waals surface area (Å²) in [5.74, 6) is -0.344. The first-order chi connectivity index (χ1) is 7.16. The minimum atomic E-state index is -0.344. The van der Waals surface area contributed by atoms with Crippen LogP contribution in [0.15, 0.2) is 24.3 Å². The zero-order chi connectivity index (χ0) is 11.0. The van der Waals surface area contributed by atoms with Crippen molar-refractivity contribution in [1.29, 1.82) is 0 Å². The summed E-state index contributed by atoms with van der Waals surface area (Å²) in [6.45, 7) is 2.03. The fraction of sp³-hybridized carbons (Fsp3) is 0.250. The molecule has 78 valence electrons. The fourth-order valence-electron chi connectivity index (χ4n) is 2.13. The molecule has 2 N–H and O–H groups in total. The van der Waals surface area contributed by atoms with Gasteiger partial charge in [-0.2, -0.15) is 0 Å². The van der Waals surface area contributed by atoms with E-state index in [2.05, 4.69) is 0 Å². The smallest absolute Gasteiger partial charge is 0.251 e. The average molecular weight is 202 g/mol. The van der Waals surface area contributed by atoms with E-state index in [-0.39, 0.29) is 5.91 Å². The number of carbonyl (C=O) groups excluding carboxylic acids is 1. The maximum Gasteiger partial charge on any atom is 0.251 e. The van der Waals surface area contributed by atoms with Gasteiger partial charge in [0.1, 0.15) is 0 Å². The van der Waals surface area contributed by atoms with Crippen molar-refractivity contribution in [3.8, 4) is 0 Å². The second-order valence-electron chi connectivity index (χ2n) is 3.62. The van der Waals surface area contributed by atoms with Crippen molar-refractivity contribution in [2.75, 3.05) is 0 Å². The van der Waals surface area contributed by atoms with Crippen LogP contribution in [0.5, 0.6) is 0 Å². The number of amides is 1. The van der Waals surface area contributed by atoms with Crippen LogP contribution < -0.4 is 5.73 Å². The van der Waals surface area contributed by atoms with Crippen LogP contribution in [-0.4, -0.2) is 10.5 Å². The number of fused-ring (bicyclic) bond motifs is 1. The lowest BCUT2D eigenvalue weighted by molar-refractivity contribution is 0.100. The summed E-state index contributed by atoms with van der Waals surface area (Å²) >= 11 is 0. The number of para-hydroxylation sites is 1. The van der Waals surface area contributed by atoms with E-state index in [1.807, 2.05) is 42.8 Å². The van der Waals surface area contributed by atoms with Gasteiger partial charge in [0.05, 0.1) is 5.56 Å². The highest BCUT2D eigenvalue weighted by Gasteiger charge is 2.16. The Morgan fingerprint density at radius 2 is 2.07 bits per heavy atom. The van der Waals surface area contributed by atoms with Gasteiger partial charge in [-0.25, -0.2) is 0 Å². The summed E-state index contributed by atoms with van der Waals surface area (Å²) in [5.41, 5.74) is 8.14. The Morgan fingerprint density at radius 1 is 1.40 bits per heavy atom. The summed E-state index contributed by atoms with van der Waals surface area (Å²) in [6, 6.07) is 7.83. The Balaban J connectivity index is 2.91. The SMILES string of the molecule is CCc1c(C(N)=O)c2ccccc2n1C. The number of nitrogens with two attached hydrogens (primary N) is 1. The highest BCUT2D eigenvalue weighted by molar-refractivity contribution is 6.07. The molecule has 0 spiro atoms. The maximum absolute atomic E-state index is 11.4. The van der Waals surface area contributed by atoms with Gasteiger partial charge >= 0.3 is 0 Å². The van der Waals surface area contributed by atoms with E-state index in [1.54, 1.807) is 0 Å². The average Bonchev–Trinajstić information content (AvgIpc) is 2.52. The molecular weight excluding hydrogens is 188 g/mol. The Morgan fingerprint density at radius 3 is 2.67 bits per heavy atom. The largest absolute Gasteiger partial charge is 0.366 e. The minimum Gasteiger partial charge on any atom is -0.366 e. The molecule has 0 radical (unpaired) electrons. The van der Waals surface area contributed by atoms with Gasteiger partial charge in [0.2, 0.25) is 0 Å². The lowest BCUT2D eigenvalue weighted by Gasteiger charge is -2.01. The third kappa shape index (κ3) is 1.31. The molecule has 2 rings (SSSR count). The summed E-state index contributed by atoms with van der Waals surface area (Å²) in [4.78, 5) is 11.4. The number of aromatic nitrogens is 1. The molecular formula is C12H14N2O. The number of hydrogen-bond acceptors (Lipinski definition) is 1. The molecule has 0 saturated heterocycles. The zero-order valence-electron chi connectivity index (χ0n) is 8.95. The summed E-state index contributed by atoms with van der Waals surface area (Å²) < 4.78 is 2.04. The molecule has 0 aliphatic rings. The summed E-state index contributed by atoms with van der Waals surface area (Å²) in [6.07, 6.45) is 0.809. The van der Waals surface area contributed by atoms with E-state index in [9.17, 15) is 4.79 Å². The number of nitrogens with zero attached hydrogens (tertiary/aromatic N) is 1. The van der Waals surface area contributed by atoms with E-state index in [0.29, 0.717) is 5.56 Å². The number of hydrogen-bond donors (Lipinski definition) is 1. The van der Waals surface area contributed by atoms with E-state index >= 15 is 0 Å². The van der Waals surface area contributed by atoms with Gasteiger partial charge in [0, 0.05) is 23.6 Å². The summed E-state index contributed by atoms with van der Waals surface area (Å²) in [7, 11) is 1.97. The first-order valence-corrected chi connectivity index (χ1v) is 5.03. The predicted octanol–water partition coefficient (Wildman–Crippen LogP) is 1.84. The van der Waals surface area contributed by atoms with Gasteiger partial charge in [0.25, 0.3) is 5.91 Å². The van der Waals surface area contributed by atoms with Crippen LogP contribution in [0.25, 0.3) is 10.9 Å². The molecule has 0 atom stereocenters. The molecule has 0 fully saturated rings. The lowest BCUT2D eigenvalue weighted by atomic mass is 10.1. The van der Waals surface area contributed by atoms with Gasteiger partial charge in [-0.1, -0.05) is 25.1 Å². The predicted molar refractivity (Wildman–Crippen MR) is 60.8 cm³/mol. The molecule has 15 heavy (non-hydrogen) atoms. The third-order valence-corrected chi connectivity index (χ3v) is 2.81. The first-order valence-electron chi connectivity index (χ1n) is 5.03. The Labute approximate surface area is 88.5 Å². The van der Waals surface area contributed by atoms with Crippen LogP contribution in [0, 0.1) is 0 Å². The summed E-state index contributed by atoms with van der Waals surface area (Å²) in [5, 5.41) is 0.948. The van der Waals surface area contributed by atoms with Crippen molar-refractivity contribution in [1.82, 2.24) is 4.57 Å². The molecule has 0 aliphatic carbocycles. The fourth-order valence-corrected chi connectivity index (χ4v) is 2.13. The lowest BCUT2D eigenvalue weighted by Crippen LogP contribution is -2.13. The molecule has 2 aromatic rings. The highest BCUT2D eigenvalue weighted by Crippen LogP contribution is 2.24. The first kappa shape index (κ1) is 9.77. The van der Waals surface area contributed by atoms with Crippen molar-refractivity contribution >= 4 is 16.8 Å². The molecule has 3 nitrogen and oxygen atoms in total. The normalized spacial score (nSPS) is 10.8. The topological polar surface area (TPSA) is 48.0 Å². The molecule has 0 unspecified atom stereocenters. The molecule has 1 amide bonds.